The Morgan fingerprint density at radius 1 is 0.842 bits per heavy atom. The van der Waals surface area contributed by atoms with Gasteiger partial charge in [-0.3, -0.25) is 9.59 Å². The van der Waals surface area contributed by atoms with Crippen LogP contribution in [0.1, 0.15) is 79.5 Å². The van der Waals surface area contributed by atoms with E-state index in [0.29, 0.717) is 17.9 Å². The van der Waals surface area contributed by atoms with Gasteiger partial charge in [-0.05, 0) is 73.2 Å². The second kappa shape index (κ2) is 14.5. The normalized spacial score (nSPS) is 11.1. The maximum Gasteiger partial charge on any atom is 0.254 e. The summed E-state index contributed by atoms with van der Waals surface area (Å²) in [5, 5.41) is 0. The van der Waals surface area contributed by atoms with Gasteiger partial charge in [-0.1, -0.05) is 64.3 Å². The van der Waals surface area contributed by atoms with Gasteiger partial charge in [0.25, 0.3) is 5.91 Å². The Balaban J connectivity index is 1.74. The number of carbonyl (C=O) groups excluding carboxylic acids is 2. The minimum Gasteiger partial charge on any atom is -0.464 e. The van der Waals surface area contributed by atoms with E-state index in [1.165, 1.54) is 37.0 Å². The van der Waals surface area contributed by atoms with Crippen molar-refractivity contribution in [2.75, 3.05) is 13.1 Å². The molecule has 0 atom stereocenters. The predicted octanol–water partition coefficient (Wildman–Crippen LogP) is 7.18. The van der Waals surface area contributed by atoms with Crippen LogP contribution in [0.3, 0.4) is 0 Å². The average Bonchev–Trinajstić information content (AvgIpc) is 3.31. The van der Waals surface area contributed by atoms with Gasteiger partial charge in [0.15, 0.2) is 0 Å². The summed E-state index contributed by atoms with van der Waals surface area (Å²) in [7, 11) is 0. The molecule has 2 aromatic carbocycles. The monoisotopic (exact) mass is 520 g/mol. The Kier molecular flexibility index (Phi) is 11.1. The molecule has 2 amide bonds. The molecule has 3 aromatic rings. The van der Waals surface area contributed by atoms with Crippen LogP contribution in [0.15, 0.2) is 65.1 Å². The van der Waals surface area contributed by atoms with E-state index in [1.54, 1.807) is 21.9 Å². The first-order valence-electron chi connectivity index (χ1n) is 13.7. The summed E-state index contributed by atoms with van der Waals surface area (Å²) in [5.41, 5.74) is 2.62. The van der Waals surface area contributed by atoms with E-state index in [-0.39, 0.29) is 43.2 Å². The van der Waals surface area contributed by atoms with Crippen LogP contribution in [0.25, 0.3) is 0 Å². The summed E-state index contributed by atoms with van der Waals surface area (Å²) in [6, 6.07) is 17.6. The number of furan rings is 1. The van der Waals surface area contributed by atoms with Crippen molar-refractivity contribution in [3.8, 4) is 0 Å². The van der Waals surface area contributed by atoms with Gasteiger partial charge in [-0.25, -0.2) is 4.39 Å². The molecule has 3 rings (SSSR count). The van der Waals surface area contributed by atoms with Crippen molar-refractivity contribution in [1.82, 2.24) is 9.80 Å². The molecule has 1 heterocycles. The minimum atomic E-state index is -0.325. The van der Waals surface area contributed by atoms with Gasteiger partial charge < -0.3 is 14.2 Å². The lowest BCUT2D eigenvalue weighted by atomic mass is 10.0. The summed E-state index contributed by atoms with van der Waals surface area (Å²) in [5.74, 6) is 0.954. The van der Waals surface area contributed by atoms with E-state index in [9.17, 15) is 14.0 Å². The van der Waals surface area contributed by atoms with Crippen LogP contribution in [0, 0.1) is 18.7 Å². The molecule has 0 aliphatic heterocycles. The summed E-state index contributed by atoms with van der Waals surface area (Å²) < 4.78 is 19.2. The maximum absolute atomic E-state index is 13.6. The van der Waals surface area contributed by atoms with Crippen molar-refractivity contribution < 1.29 is 18.4 Å². The van der Waals surface area contributed by atoms with Crippen molar-refractivity contribution in [3.05, 3.63) is 94.7 Å². The number of carbonyl (C=O) groups is 2. The highest BCUT2D eigenvalue weighted by molar-refractivity contribution is 5.96. The highest BCUT2D eigenvalue weighted by Gasteiger charge is 2.24. The second-order valence-electron chi connectivity index (χ2n) is 10.5. The topological polar surface area (TPSA) is 53.8 Å². The summed E-state index contributed by atoms with van der Waals surface area (Å²) >= 11 is 0. The Labute approximate surface area is 226 Å². The van der Waals surface area contributed by atoms with Crippen molar-refractivity contribution in [2.45, 2.75) is 72.9 Å². The smallest absolute Gasteiger partial charge is 0.254 e. The molecule has 1 aromatic heterocycles. The zero-order chi connectivity index (χ0) is 27.5. The highest BCUT2D eigenvalue weighted by atomic mass is 19.1. The molecule has 0 unspecified atom stereocenters. The van der Waals surface area contributed by atoms with E-state index in [2.05, 4.69) is 6.92 Å². The molecule has 0 N–H and O–H groups in total. The first kappa shape index (κ1) is 29.2. The zero-order valence-electron chi connectivity index (χ0n) is 23.2. The predicted molar refractivity (Wildman–Crippen MR) is 149 cm³/mol. The van der Waals surface area contributed by atoms with E-state index in [4.69, 9.17) is 4.42 Å². The molecule has 0 spiro atoms. The van der Waals surface area contributed by atoms with Crippen molar-refractivity contribution in [2.24, 2.45) is 5.92 Å². The maximum atomic E-state index is 13.6. The van der Waals surface area contributed by atoms with Crippen LogP contribution in [0.2, 0.25) is 0 Å². The molecule has 38 heavy (non-hydrogen) atoms. The van der Waals surface area contributed by atoms with Crippen LogP contribution < -0.4 is 0 Å². The van der Waals surface area contributed by atoms with Crippen LogP contribution >= 0.6 is 0 Å². The number of amides is 2. The third-order valence-electron chi connectivity index (χ3n) is 6.50. The van der Waals surface area contributed by atoms with E-state index < -0.39 is 0 Å². The molecular formula is C32H41FN2O3. The van der Waals surface area contributed by atoms with Crippen LogP contribution in [0.4, 0.5) is 4.39 Å². The third kappa shape index (κ3) is 9.16. The Bertz CT molecular complexity index is 1150. The largest absolute Gasteiger partial charge is 0.464 e. The van der Waals surface area contributed by atoms with E-state index >= 15 is 0 Å². The number of benzene rings is 2. The molecule has 0 saturated carbocycles. The highest BCUT2D eigenvalue weighted by Crippen LogP contribution is 2.17. The Morgan fingerprint density at radius 2 is 1.53 bits per heavy atom. The number of rotatable bonds is 14. The number of aryl methyl sites for hydroxylation is 2. The first-order valence-corrected chi connectivity index (χ1v) is 13.7. The lowest BCUT2D eigenvalue weighted by molar-refractivity contribution is -0.133. The standard InChI is InChI=1S/C32H41FN2O3/c1-5-6-7-8-9-26-11-15-28(16-12-26)32(37)35(20-24(2)3)23-31(36)34(22-30-19-10-25(4)38-30)21-27-13-17-29(33)18-14-27/h10-19,24H,5-9,20-23H2,1-4H3. The fourth-order valence-electron chi connectivity index (χ4n) is 4.48. The molecule has 0 fully saturated rings. The fourth-order valence-corrected chi connectivity index (χ4v) is 4.48. The average molecular weight is 521 g/mol. The molecular weight excluding hydrogens is 479 g/mol. The molecule has 204 valence electrons. The molecule has 0 bridgehead atoms. The Morgan fingerprint density at radius 3 is 2.13 bits per heavy atom. The third-order valence-corrected chi connectivity index (χ3v) is 6.50. The molecule has 0 aliphatic carbocycles. The van der Waals surface area contributed by atoms with Gasteiger partial charge in [-0.2, -0.15) is 0 Å². The Hall–Kier alpha value is -3.41. The van der Waals surface area contributed by atoms with Crippen LogP contribution in [0.5, 0.6) is 0 Å². The minimum absolute atomic E-state index is 0.0450. The summed E-state index contributed by atoms with van der Waals surface area (Å²) in [4.78, 5) is 30.4. The van der Waals surface area contributed by atoms with Gasteiger partial charge in [0.05, 0.1) is 6.54 Å². The molecule has 0 radical (unpaired) electrons. The molecule has 5 nitrogen and oxygen atoms in total. The van der Waals surface area contributed by atoms with Gasteiger partial charge in [0.2, 0.25) is 5.91 Å². The van der Waals surface area contributed by atoms with Crippen molar-refractivity contribution in [3.63, 3.8) is 0 Å². The summed E-state index contributed by atoms with van der Waals surface area (Å²) in [6.45, 7) is 9.10. The second-order valence-corrected chi connectivity index (χ2v) is 10.5. The van der Waals surface area contributed by atoms with Gasteiger partial charge >= 0.3 is 0 Å². The number of halogens is 1. The fraction of sp³-hybridized carbons (Fsp3) is 0.438. The van der Waals surface area contributed by atoms with Gasteiger partial charge in [0, 0.05) is 18.7 Å². The van der Waals surface area contributed by atoms with Gasteiger partial charge in [0.1, 0.15) is 23.9 Å². The van der Waals surface area contributed by atoms with Crippen LogP contribution in [-0.4, -0.2) is 34.7 Å². The molecule has 0 saturated heterocycles. The quantitative estimate of drug-likeness (QED) is 0.212. The number of hydrogen-bond donors (Lipinski definition) is 0. The number of unbranched alkanes of at least 4 members (excludes halogenated alkanes) is 3. The first-order chi connectivity index (χ1) is 18.2. The zero-order valence-corrected chi connectivity index (χ0v) is 23.2. The van der Waals surface area contributed by atoms with E-state index in [1.807, 2.05) is 57.2 Å². The summed E-state index contributed by atoms with van der Waals surface area (Å²) in [6.07, 6.45) is 5.82. The van der Waals surface area contributed by atoms with Crippen molar-refractivity contribution >= 4 is 11.8 Å². The van der Waals surface area contributed by atoms with Crippen molar-refractivity contribution in [1.29, 1.82) is 0 Å². The number of hydrogen-bond acceptors (Lipinski definition) is 3. The molecule has 6 heteroatoms. The number of nitrogens with zero attached hydrogens (tertiary/aromatic N) is 2. The SMILES string of the molecule is CCCCCCc1ccc(C(=O)N(CC(=O)N(Cc2ccc(F)cc2)Cc2ccc(C)o2)CC(C)C)cc1. The van der Waals surface area contributed by atoms with Gasteiger partial charge in [-0.15, -0.1) is 0 Å². The lowest BCUT2D eigenvalue weighted by Crippen LogP contribution is -2.43. The lowest BCUT2D eigenvalue weighted by Gasteiger charge is -2.28. The van der Waals surface area contributed by atoms with Crippen LogP contribution in [-0.2, 0) is 24.3 Å². The molecule has 0 aliphatic rings. The van der Waals surface area contributed by atoms with E-state index in [0.717, 1.165) is 24.2 Å².